The molecule has 1 saturated carbocycles. The molecule has 0 spiro atoms. The van der Waals surface area contributed by atoms with Gasteiger partial charge in [0.2, 0.25) is 11.8 Å². The SMILES string of the molecule is Cc1ccc(C(=C2[C@@H]3C=C[C@@H]2[C@H]2C(=O)N(Cc4ccccc4)C(=O)[C@@H]23)c2ccc(C)cc2)cc1. The molecule has 2 bridgehead atoms. The quantitative estimate of drug-likeness (QED) is 0.380. The van der Waals surface area contributed by atoms with Gasteiger partial charge in [-0.05, 0) is 41.7 Å². The molecule has 0 radical (unpaired) electrons. The highest BCUT2D eigenvalue weighted by molar-refractivity contribution is 6.08. The predicted molar refractivity (Wildman–Crippen MR) is 133 cm³/mol. The van der Waals surface area contributed by atoms with E-state index < -0.39 is 0 Å². The van der Waals surface area contributed by atoms with Crippen LogP contribution in [0.5, 0.6) is 0 Å². The van der Waals surface area contributed by atoms with Crippen molar-refractivity contribution in [3.05, 3.63) is 124 Å². The fourth-order valence-corrected chi connectivity index (χ4v) is 6.02. The maximum atomic E-state index is 13.6. The molecule has 3 aromatic rings. The Hall–Kier alpha value is -3.72. The first-order valence-corrected chi connectivity index (χ1v) is 12.0. The molecular formula is C31H27NO2. The standard InChI is InChI=1S/C31H27NO2/c1-19-8-12-22(13-9-19)26(23-14-10-20(2)11-15-23)27-24-16-17-25(27)29-28(24)30(33)32(31(29)34)18-21-6-4-3-5-7-21/h3-17,24-25,28-29H,18H2,1-2H3/t24-,25-,28+,29+/m0/s1. The van der Waals surface area contributed by atoms with E-state index >= 15 is 0 Å². The van der Waals surface area contributed by atoms with E-state index in [-0.39, 0.29) is 35.5 Å². The number of aryl methyl sites for hydroxylation is 2. The third-order valence-corrected chi connectivity index (χ3v) is 7.66. The molecule has 168 valence electrons. The number of carbonyl (C=O) groups excluding carboxylic acids is 2. The molecule has 3 nitrogen and oxygen atoms in total. The van der Waals surface area contributed by atoms with Gasteiger partial charge in [-0.2, -0.15) is 0 Å². The lowest BCUT2D eigenvalue weighted by Crippen LogP contribution is -2.32. The highest BCUT2D eigenvalue weighted by Crippen LogP contribution is 2.58. The number of hydrogen-bond acceptors (Lipinski definition) is 2. The molecular weight excluding hydrogens is 418 g/mol. The van der Waals surface area contributed by atoms with Crippen molar-refractivity contribution < 1.29 is 9.59 Å². The van der Waals surface area contributed by atoms with E-state index in [0.717, 1.165) is 16.7 Å². The Morgan fingerprint density at radius 2 is 1.15 bits per heavy atom. The topological polar surface area (TPSA) is 37.4 Å². The Labute approximate surface area is 200 Å². The second kappa shape index (κ2) is 7.95. The molecule has 34 heavy (non-hydrogen) atoms. The summed E-state index contributed by atoms with van der Waals surface area (Å²) < 4.78 is 0. The number of fused-ring (bicyclic) bond motifs is 5. The van der Waals surface area contributed by atoms with Crippen LogP contribution in [0, 0.1) is 37.5 Å². The zero-order valence-corrected chi connectivity index (χ0v) is 19.4. The van der Waals surface area contributed by atoms with Crippen molar-refractivity contribution in [2.24, 2.45) is 23.7 Å². The average molecular weight is 446 g/mol. The van der Waals surface area contributed by atoms with E-state index in [1.807, 2.05) is 30.3 Å². The maximum absolute atomic E-state index is 13.6. The second-order valence-corrected chi connectivity index (χ2v) is 9.80. The summed E-state index contributed by atoms with van der Waals surface area (Å²) in [5, 5.41) is 0. The van der Waals surface area contributed by atoms with Crippen LogP contribution in [-0.4, -0.2) is 16.7 Å². The van der Waals surface area contributed by atoms with Gasteiger partial charge in [0, 0.05) is 11.8 Å². The lowest BCUT2D eigenvalue weighted by molar-refractivity contribution is -0.141. The van der Waals surface area contributed by atoms with E-state index in [1.54, 1.807) is 0 Å². The minimum absolute atomic E-state index is 0.0274. The number of carbonyl (C=O) groups is 2. The highest BCUT2D eigenvalue weighted by atomic mass is 16.2. The van der Waals surface area contributed by atoms with E-state index in [2.05, 4.69) is 74.5 Å². The summed E-state index contributed by atoms with van der Waals surface area (Å²) in [6, 6.07) is 27.0. The van der Waals surface area contributed by atoms with Gasteiger partial charge in [-0.15, -0.1) is 0 Å². The molecule has 0 unspecified atom stereocenters. The molecule has 3 aromatic carbocycles. The summed E-state index contributed by atoms with van der Waals surface area (Å²) in [6.07, 6.45) is 4.33. The fraction of sp³-hybridized carbons (Fsp3) is 0.226. The molecule has 0 N–H and O–H groups in total. The first kappa shape index (κ1) is 20.9. The number of allylic oxidation sites excluding steroid dienone is 3. The van der Waals surface area contributed by atoms with Gasteiger partial charge >= 0.3 is 0 Å². The van der Waals surface area contributed by atoms with Crippen LogP contribution in [0.1, 0.15) is 27.8 Å². The Morgan fingerprint density at radius 1 is 0.676 bits per heavy atom. The highest BCUT2D eigenvalue weighted by Gasteiger charge is 2.62. The molecule has 4 atom stereocenters. The Bertz CT molecular complexity index is 1250. The number of amides is 2. The zero-order chi connectivity index (χ0) is 23.4. The summed E-state index contributed by atoms with van der Waals surface area (Å²) in [5.41, 5.74) is 8.09. The monoisotopic (exact) mass is 445 g/mol. The van der Waals surface area contributed by atoms with Gasteiger partial charge in [0.25, 0.3) is 0 Å². The number of nitrogens with zero attached hydrogens (tertiary/aromatic N) is 1. The van der Waals surface area contributed by atoms with Crippen LogP contribution >= 0.6 is 0 Å². The number of likely N-dealkylation sites (tertiary alicyclic amines) is 1. The van der Waals surface area contributed by atoms with Crippen molar-refractivity contribution >= 4 is 17.4 Å². The molecule has 1 saturated heterocycles. The van der Waals surface area contributed by atoms with Crippen LogP contribution in [0.3, 0.4) is 0 Å². The third kappa shape index (κ3) is 3.19. The summed E-state index contributed by atoms with van der Waals surface area (Å²) >= 11 is 0. The fourth-order valence-electron chi connectivity index (χ4n) is 6.02. The largest absolute Gasteiger partial charge is 0.278 e. The molecule has 1 aliphatic heterocycles. The summed E-state index contributed by atoms with van der Waals surface area (Å²) in [7, 11) is 0. The number of rotatable bonds is 4. The van der Waals surface area contributed by atoms with Crippen LogP contribution in [0.15, 0.2) is 96.6 Å². The van der Waals surface area contributed by atoms with Gasteiger partial charge in [-0.1, -0.05) is 102 Å². The van der Waals surface area contributed by atoms with Crippen LogP contribution in [-0.2, 0) is 16.1 Å². The lowest BCUT2D eigenvalue weighted by Gasteiger charge is -2.22. The zero-order valence-electron chi connectivity index (χ0n) is 19.4. The van der Waals surface area contributed by atoms with Crippen LogP contribution in [0.2, 0.25) is 0 Å². The van der Waals surface area contributed by atoms with E-state index in [4.69, 9.17) is 0 Å². The molecule has 2 amide bonds. The normalized spacial score (nSPS) is 24.8. The molecule has 3 heteroatoms. The van der Waals surface area contributed by atoms with E-state index in [1.165, 1.54) is 27.2 Å². The molecule has 3 aliphatic rings. The van der Waals surface area contributed by atoms with Crippen molar-refractivity contribution in [1.82, 2.24) is 4.90 Å². The minimum atomic E-state index is -0.299. The summed E-state index contributed by atoms with van der Waals surface area (Å²) in [4.78, 5) is 28.6. The lowest BCUT2D eigenvalue weighted by atomic mass is 9.85. The second-order valence-electron chi connectivity index (χ2n) is 9.80. The van der Waals surface area contributed by atoms with Gasteiger partial charge in [0.15, 0.2) is 0 Å². The van der Waals surface area contributed by atoms with Crippen molar-refractivity contribution in [3.8, 4) is 0 Å². The van der Waals surface area contributed by atoms with Gasteiger partial charge < -0.3 is 0 Å². The first-order valence-electron chi connectivity index (χ1n) is 12.0. The molecule has 0 aromatic heterocycles. The Morgan fingerprint density at radius 3 is 1.62 bits per heavy atom. The Kier molecular flexibility index (Phi) is 4.88. The molecule has 1 heterocycles. The number of imide groups is 1. The number of benzene rings is 3. The minimum Gasteiger partial charge on any atom is -0.278 e. The van der Waals surface area contributed by atoms with Crippen LogP contribution < -0.4 is 0 Å². The van der Waals surface area contributed by atoms with Crippen molar-refractivity contribution in [2.45, 2.75) is 20.4 Å². The van der Waals surface area contributed by atoms with Gasteiger partial charge in [0.1, 0.15) is 0 Å². The maximum Gasteiger partial charge on any atom is 0.234 e. The summed E-state index contributed by atoms with van der Waals surface area (Å²) in [5.74, 6) is -0.727. The van der Waals surface area contributed by atoms with Gasteiger partial charge in [0.05, 0.1) is 18.4 Å². The number of hydrogen-bond donors (Lipinski definition) is 0. The Balaban J connectivity index is 1.44. The molecule has 6 rings (SSSR count). The van der Waals surface area contributed by atoms with Gasteiger partial charge in [-0.3, -0.25) is 14.5 Å². The van der Waals surface area contributed by atoms with Crippen molar-refractivity contribution in [1.29, 1.82) is 0 Å². The first-order chi connectivity index (χ1) is 16.5. The van der Waals surface area contributed by atoms with Crippen LogP contribution in [0.25, 0.3) is 5.57 Å². The van der Waals surface area contributed by atoms with Crippen molar-refractivity contribution in [2.75, 3.05) is 0 Å². The van der Waals surface area contributed by atoms with Gasteiger partial charge in [-0.25, -0.2) is 0 Å². The third-order valence-electron chi connectivity index (χ3n) is 7.66. The van der Waals surface area contributed by atoms with Crippen molar-refractivity contribution in [3.63, 3.8) is 0 Å². The molecule has 2 aliphatic carbocycles. The van der Waals surface area contributed by atoms with Crippen LogP contribution in [0.4, 0.5) is 0 Å². The predicted octanol–water partition coefficient (Wildman–Crippen LogP) is 5.72. The van der Waals surface area contributed by atoms with E-state index in [9.17, 15) is 9.59 Å². The summed E-state index contributed by atoms with van der Waals surface area (Å²) in [6.45, 7) is 4.53. The smallest absolute Gasteiger partial charge is 0.234 e. The van der Waals surface area contributed by atoms with E-state index in [0.29, 0.717) is 6.54 Å². The average Bonchev–Trinajstić information content (AvgIpc) is 3.48. The molecule has 2 fully saturated rings.